The molecule has 0 saturated heterocycles. The SMILES string of the molecule is Cc1c(CC(=O)O)c(=O)n(C)c2cc3c(cc12)OCO3. The lowest BCUT2D eigenvalue weighted by Gasteiger charge is -2.12. The van der Waals surface area contributed by atoms with E-state index in [-0.39, 0.29) is 18.8 Å². The summed E-state index contributed by atoms with van der Waals surface area (Å²) in [7, 11) is 1.62. The Kier molecular flexibility index (Phi) is 2.67. The predicted molar refractivity (Wildman–Crippen MR) is 71.4 cm³/mol. The van der Waals surface area contributed by atoms with Gasteiger partial charge < -0.3 is 19.1 Å². The van der Waals surface area contributed by atoms with Gasteiger partial charge in [-0.25, -0.2) is 0 Å². The van der Waals surface area contributed by atoms with E-state index in [4.69, 9.17) is 14.6 Å². The summed E-state index contributed by atoms with van der Waals surface area (Å²) in [5.41, 5.74) is 1.37. The van der Waals surface area contributed by atoms with Crippen molar-refractivity contribution in [3.8, 4) is 11.5 Å². The average molecular weight is 275 g/mol. The van der Waals surface area contributed by atoms with Gasteiger partial charge in [0.05, 0.1) is 11.9 Å². The summed E-state index contributed by atoms with van der Waals surface area (Å²) in [5.74, 6) is 0.184. The molecule has 6 heteroatoms. The fraction of sp³-hybridized carbons (Fsp3) is 0.286. The summed E-state index contributed by atoms with van der Waals surface area (Å²) < 4.78 is 12.1. The molecular formula is C14H13NO5. The van der Waals surface area contributed by atoms with Gasteiger partial charge >= 0.3 is 5.97 Å². The van der Waals surface area contributed by atoms with Crippen molar-refractivity contribution in [2.24, 2.45) is 7.05 Å². The second kappa shape index (κ2) is 4.26. The van der Waals surface area contributed by atoms with Gasteiger partial charge in [0.1, 0.15) is 0 Å². The van der Waals surface area contributed by atoms with Crippen LogP contribution in [0, 0.1) is 6.92 Å². The van der Waals surface area contributed by atoms with Gasteiger partial charge in [-0.15, -0.1) is 0 Å². The van der Waals surface area contributed by atoms with E-state index in [1.165, 1.54) is 4.57 Å². The van der Waals surface area contributed by atoms with E-state index >= 15 is 0 Å². The third-order valence-corrected chi connectivity index (χ3v) is 3.60. The van der Waals surface area contributed by atoms with Crippen molar-refractivity contribution in [2.75, 3.05) is 6.79 Å². The maximum Gasteiger partial charge on any atom is 0.308 e. The van der Waals surface area contributed by atoms with Gasteiger partial charge in [-0.3, -0.25) is 9.59 Å². The highest BCUT2D eigenvalue weighted by Gasteiger charge is 2.20. The molecule has 0 saturated carbocycles. The molecule has 0 spiro atoms. The lowest BCUT2D eigenvalue weighted by atomic mass is 10.0. The van der Waals surface area contributed by atoms with Crippen molar-refractivity contribution < 1.29 is 19.4 Å². The van der Waals surface area contributed by atoms with Crippen LogP contribution in [0.25, 0.3) is 10.9 Å². The first-order valence-electron chi connectivity index (χ1n) is 6.12. The third-order valence-electron chi connectivity index (χ3n) is 3.60. The molecule has 2 heterocycles. The van der Waals surface area contributed by atoms with Crippen molar-refractivity contribution in [3.05, 3.63) is 33.6 Å². The van der Waals surface area contributed by atoms with E-state index in [0.29, 0.717) is 28.1 Å². The average Bonchev–Trinajstić information content (AvgIpc) is 2.86. The first-order valence-corrected chi connectivity index (χ1v) is 6.12. The van der Waals surface area contributed by atoms with Crippen molar-refractivity contribution >= 4 is 16.9 Å². The number of benzene rings is 1. The molecule has 1 aliphatic rings. The summed E-state index contributed by atoms with van der Waals surface area (Å²) in [6, 6.07) is 3.54. The minimum Gasteiger partial charge on any atom is -0.481 e. The van der Waals surface area contributed by atoms with Crippen LogP contribution in [-0.2, 0) is 18.3 Å². The summed E-state index contributed by atoms with van der Waals surface area (Å²) in [5, 5.41) is 9.74. The van der Waals surface area contributed by atoms with Crippen molar-refractivity contribution in [1.82, 2.24) is 4.57 Å². The molecular weight excluding hydrogens is 262 g/mol. The van der Waals surface area contributed by atoms with Crippen LogP contribution in [0.5, 0.6) is 11.5 Å². The summed E-state index contributed by atoms with van der Waals surface area (Å²) >= 11 is 0. The number of aromatic nitrogens is 1. The number of aryl methyl sites for hydroxylation is 2. The van der Waals surface area contributed by atoms with E-state index < -0.39 is 5.97 Å². The van der Waals surface area contributed by atoms with E-state index in [2.05, 4.69) is 0 Å². The summed E-state index contributed by atoms with van der Waals surface area (Å²) in [6.45, 7) is 1.91. The van der Waals surface area contributed by atoms with Crippen LogP contribution in [0.15, 0.2) is 16.9 Å². The Morgan fingerprint density at radius 3 is 2.65 bits per heavy atom. The molecule has 0 atom stereocenters. The second-order valence-corrected chi connectivity index (χ2v) is 4.76. The quantitative estimate of drug-likeness (QED) is 0.891. The molecule has 0 radical (unpaired) electrons. The van der Waals surface area contributed by atoms with Gasteiger partial charge in [0.15, 0.2) is 11.5 Å². The molecule has 2 aromatic rings. The van der Waals surface area contributed by atoms with Crippen LogP contribution in [0.2, 0.25) is 0 Å². The highest BCUT2D eigenvalue weighted by Crippen LogP contribution is 2.36. The predicted octanol–water partition coefficient (Wildman–Crippen LogP) is 1.20. The summed E-state index contributed by atoms with van der Waals surface area (Å²) in [4.78, 5) is 23.2. The Labute approximate surface area is 114 Å². The maximum atomic E-state index is 12.3. The number of pyridine rings is 1. The van der Waals surface area contributed by atoms with E-state index in [1.54, 1.807) is 26.1 Å². The van der Waals surface area contributed by atoms with Gasteiger partial charge in [0.25, 0.3) is 5.56 Å². The normalized spacial score (nSPS) is 12.9. The minimum atomic E-state index is -1.02. The molecule has 0 bridgehead atoms. The van der Waals surface area contributed by atoms with E-state index in [1.807, 2.05) is 0 Å². The number of rotatable bonds is 2. The van der Waals surface area contributed by atoms with Gasteiger partial charge in [-0.1, -0.05) is 0 Å². The Morgan fingerprint density at radius 1 is 1.35 bits per heavy atom. The number of carboxylic acids is 1. The summed E-state index contributed by atoms with van der Waals surface area (Å²) in [6.07, 6.45) is -0.289. The fourth-order valence-electron chi connectivity index (χ4n) is 2.50. The Bertz CT molecular complexity index is 790. The maximum absolute atomic E-state index is 12.3. The number of ether oxygens (including phenoxy) is 2. The number of aliphatic carboxylic acids is 1. The molecule has 104 valence electrons. The van der Waals surface area contributed by atoms with E-state index in [0.717, 1.165) is 5.39 Å². The van der Waals surface area contributed by atoms with Crippen molar-refractivity contribution in [3.63, 3.8) is 0 Å². The highest BCUT2D eigenvalue weighted by atomic mass is 16.7. The van der Waals surface area contributed by atoms with Gasteiger partial charge in [-0.05, 0) is 18.6 Å². The zero-order valence-electron chi connectivity index (χ0n) is 11.1. The van der Waals surface area contributed by atoms with Gasteiger partial charge in [-0.2, -0.15) is 0 Å². The monoisotopic (exact) mass is 275 g/mol. The highest BCUT2D eigenvalue weighted by molar-refractivity contribution is 5.88. The second-order valence-electron chi connectivity index (χ2n) is 4.76. The Morgan fingerprint density at radius 2 is 2.00 bits per heavy atom. The molecule has 1 N–H and O–H groups in total. The number of carboxylic acid groups (broad SMARTS) is 1. The topological polar surface area (TPSA) is 77.8 Å². The standard InChI is InChI=1S/C14H13NO5/c1-7-8-3-11-12(20-6-19-11)5-10(8)15(2)14(18)9(7)4-13(16)17/h3,5H,4,6H2,1-2H3,(H,16,17). The Balaban J connectivity index is 2.37. The minimum absolute atomic E-state index is 0.153. The molecule has 1 aromatic heterocycles. The van der Waals surface area contributed by atoms with Crippen LogP contribution < -0.4 is 15.0 Å². The van der Waals surface area contributed by atoms with Gasteiger partial charge in [0.2, 0.25) is 6.79 Å². The number of fused-ring (bicyclic) bond motifs is 2. The van der Waals surface area contributed by atoms with Crippen LogP contribution in [0.4, 0.5) is 0 Å². The number of nitrogens with zero attached hydrogens (tertiary/aromatic N) is 1. The molecule has 0 fully saturated rings. The van der Waals surface area contributed by atoms with Crippen LogP contribution in [0.3, 0.4) is 0 Å². The van der Waals surface area contributed by atoms with Crippen molar-refractivity contribution in [2.45, 2.75) is 13.3 Å². The van der Waals surface area contributed by atoms with Crippen LogP contribution in [0.1, 0.15) is 11.1 Å². The first kappa shape index (κ1) is 12.5. The molecule has 1 aliphatic heterocycles. The molecule has 0 aliphatic carbocycles. The molecule has 0 unspecified atom stereocenters. The van der Waals surface area contributed by atoms with Crippen LogP contribution in [-0.4, -0.2) is 22.4 Å². The largest absolute Gasteiger partial charge is 0.481 e. The molecule has 20 heavy (non-hydrogen) atoms. The number of carbonyl (C=O) groups is 1. The zero-order chi connectivity index (χ0) is 14.4. The lowest BCUT2D eigenvalue weighted by Crippen LogP contribution is -2.25. The molecule has 0 amide bonds. The Hall–Kier alpha value is -2.50. The number of hydrogen-bond acceptors (Lipinski definition) is 4. The van der Waals surface area contributed by atoms with Gasteiger partial charge in [0, 0.05) is 24.1 Å². The molecule has 6 nitrogen and oxygen atoms in total. The van der Waals surface area contributed by atoms with E-state index in [9.17, 15) is 9.59 Å². The van der Waals surface area contributed by atoms with Crippen molar-refractivity contribution in [1.29, 1.82) is 0 Å². The van der Waals surface area contributed by atoms with Crippen LogP contribution >= 0.6 is 0 Å². The first-order chi connectivity index (χ1) is 9.49. The lowest BCUT2D eigenvalue weighted by molar-refractivity contribution is -0.136. The zero-order valence-corrected chi connectivity index (χ0v) is 11.1. The fourth-order valence-corrected chi connectivity index (χ4v) is 2.50. The molecule has 3 rings (SSSR count). The molecule has 1 aromatic carbocycles. The number of hydrogen-bond donors (Lipinski definition) is 1. The smallest absolute Gasteiger partial charge is 0.308 e. The third kappa shape index (κ3) is 1.72.